The van der Waals surface area contributed by atoms with Gasteiger partial charge in [-0.05, 0) is 34.5 Å². The smallest absolute Gasteiger partial charge is 0.0705 e. The number of hydrogen-bond donors (Lipinski definition) is 2. The van der Waals surface area contributed by atoms with E-state index in [0.717, 1.165) is 10.0 Å². The second-order valence-electron chi connectivity index (χ2n) is 2.91. The molecule has 0 saturated heterocycles. The van der Waals surface area contributed by atoms with Gasteiger partial charge in [-0.15, -0.1) is 0 Å². The molecular weight excluding hydrogens is 253 g/mol. The molecule has 0 heterocycles. The van der Waals surface area contributed by atoms with E-state index in [2.05, 4.69) is 15.9 Å². The van der Waals surface area contributed by atoms with Crippen LogP contribution in [0, 0.1) is 0 Å². The minimum absolute atomic E-state index is 0.440. The molecule has 0 fully saturated rings. The van der Waals surface area contributed by atoms with Gasteiger partial charge in [-0.3, -0.25) is 0 Å². The van der Waals surface area contributed by atoms with E-state index in [-0.39, 0.29) is 0 Å². The van der Waals surface area contributed by atoms with Gasteiger partial charge < -0.3 is 10.8 Å². The summed E-state index contributed by atoms with van der Waals surface area (Å²) in [4.78, 5) is 0. The topological polar surface area (TPSA) is 46.2 Å². The van der Waals surface area contributed by atoms with Crippen LogP contribution in [0.4, 0.5) is 0 Å². The molecular formula is C9H11BrClNO. The van der Waals surface area contributed by atoms with Gasteiger partial charge in [0.05, 0.1) is 17.2 Å². The van der Waals surface area contributed by atoms with Gasteiger partial charge in [-0.1, -0.05) is 23.7 Å². The largest absolute Gasteiger partial charge is 0.391 e. The van der Waals surface area contributed by atoms with E-state index in [1.54, 1.807) is 6.92 Å². The van der Waals surface area contributed by atoms with Gasteiger partial charge in [0, 0.05) is 4.47 Å². The van der Waals surface area contributed by atoms with Gasteiger partial charge in [0.25, 0.3) is 0 Å². The van der Waals surface area contributed by atoms with Crippen LogP contribution in [-0.2, 0) is 0 Å². The first-order chi connectivity index (χ1) is 6.04. The normalized spacial score (nSPS) is 15.5. The van der Waals surface area contributed by atoms with Crippen LogP contribution in [-0.4, -0.2) is 11.2 Å². The quantitative estimate of drug-likeness (QED) is 0.862. The van der Waals surface area contributed by atoms with E-state index in [4.69, 9.17) is 17.3 Å². The Labute approximate surface area is 90.8 Å². The van der Waals surface area contributed by atoms with E-state index in [0.29, 0.717) is 5.02 Å². The predicted molar refractivity (Wildman–Crippen MR) is 57.8 cm³/mol. The molecule has 2 nitrogen and oxygen atoms in total. The Morgan fingerprint density at radius 2 is 2.15 bits per heavy atom. The molecule has 0 amide bonds. The molecule has 3 N–H and O–H groups in total. The second kappa shape index (κ2) is 4.42. The Kier molecular flexibility index (Phi) is 3.74. The van der Waals surface area contributed by atoms with Crippen LogP contribution in [0.5, 0.6) is 0 Å². The minimum Gasteiger partial charge on any atom is -0.391 e. The second-order valence-corrected chi connectivity index (χ2v) is 4.14. The van der Waals surface area contributed by atoms with E-state index >= 15 is 0 Å². The molecule has 4 heteroatoms. The summed E-state index contributed by atoms with van der Waals surface area (Å²) in [6.45, 7) is 1.64. The minimum atomic E-state index is -0.605. The molecule has 1 aromatic carbocycles. The molecule has 0 aliphatic carbocycles. The summed E-state index contributed by atoms with van der Waals surface area (Å²) in [5.41, 5.74) is 6.51. The first-order valence-electron chi connectivity index (χ1n) is 3.91. The zero-order chi connectivity index (χ0) is 10.0. The van der Waals surface area contributed by atoms with Crippen molar-refractivity contribution in [2.75, 3.05) is 0 Å². The van der Waals surface area contributed by atoms with Crippen molar-refractivity contribution in [3.63, 3.8) is 0 Å². The third-order valence-electron chi connectivity index (χ3n) is 1.86. The first-order valence-corrected chi connectivity index (χ1v) is 5.08. The fraction of sp³-hybridized carbons (Fsp3) is 0.333. The summed E-state index contributed by atoms with van der Waals surface area (Å²) in [5, 5.41) is 9.86. The molecule has 0 bridgehead atoms. The lowest BCUT2D eigenvalue weighted by molar-refractivity contribution is 0.164. The lowest BCUT2D eigenvalue weighted by Gasteiger charge is -2.16. The Bertz CT molecular complexity index is 304. The summed E-state index contributed by atoms with van der Waals surface area (Å²) in [6.07, 6.45) is -0.605. The number of aliphatic hydroxyl groups is 1. The number of benzene rings is 1. The van der Waals surface area contributed by atoms with Crippen LogP contribution >= 0.6 is 27.5 Å². The van der Waals surface area contributed by atoms with E-state index in [1.807, 2.05) is 18.2 Å². The van der Waals surface area contributed by atoms with Gasteiger partial charge in [0.1, 0.15) is 0 Å². The van der Waals surface area contributed by atoms with Crippen molar-refractivity contribution in [3.8, 4) is 0 Å². The third-order valence-corrected chi connectivity index (χ3v) is 3.17. The highest BCUT2D eigenvalue weighted by atomic mass is 79.9. The SMILES string of the molecule is CC(O)[C@@H](N)c1cccc(Br)c1Cl. The van der Waals surface area contributed by atoms with Crippen molar-refractivity contribution in [1.82, 2.24) is 0 Å². The zero-order valence-electron chi connectivity index (χ0n) is 7.17. The maximum atomic E-state index is 9.29. The Hall–Kier alpha value is -0.0900. The van der Waals surface area contributed by atoms with Crippen LogP contribution in [0.3, 0.4) is 0 Å². The number of halogens is 2. The number of aliphatic hydroxyl groups excluding tert-OH is 1. The molecule has 2 atom stereocenters. The van der Waals surface area contributed by atoms with Crippen molar-refractivity contribution >= 4 is 27.5 Å². The summed E-state index contributed by atoms with van der Waals surface area (Å²) in [7, 11) is 0. The van der Waals surface area contributed by atoms with E-state index in [1.165, 1.54) is 0 Å². The monoisotopic (exact) mass is 263 g/mol. The van der Waals surface area contributed by atoms with Crippen LogP contribution in [0.15, 0.2) is 22.7 Å². The molecule has 1 unspecified atom stereocenters. The van der Waals surface area contributed by atoms with Crippen molar-refractivity contribution in [3.05, 3.63) is 33.3 Å². The number of hydrogen-bond acceptors (Lipinski definition) is 2. The number of rotatable bonds is 2. The molecule has 1 aromatic rings. The maximum absolute atomic E-state index is 9.29. The summed E-state index contributed by atoms with van der Waals surface area (Å²) >= 11 is 9.29. The Balaban J connectivity index is 3.07. The van der Waals surface area contributed by atoms with Crippen LogP contribution in [0.1, 0.15) is 18.5 Å². The molecule has 0 aliphatic heterocycles. The highest BCUT2D eigenvalue weighted by molar-refractivity contribution is 9.10. The number of nitrogens with two attached hydrogens (primary N) is 1. The molecule has 72 valence electrons. The fourth-order valence-electron chi connectivity index (χ4n) is 1.04. The molecule has 0 aromatic heterocycles. The third kappa shape index (κ3) is 2.44. The van der Waals surface area contributed by atoms with Crippen molar-refractivity contribution in [2.45, 2.75) is 19.1 Å². The van der Waals surface area contributed by atoms with Crippen LogP contribution in [0.2, 0.25) is 5.02 Å². The highest BCUT2D eigenvalue weighted by Crippen LogP contribution is 2.30. The summed E-state index contributed by atoms with van der Waals surface area (Å²) < 4.78 is 0.794. The van der Waals surface area contributed by atoms with Crippen LogP contribution in [0.25, 0.3) is 0 Å². The zero-order valence-corrected chi connectivity index (χ0v) is 9.51. The van der Waals surface area contributed by atoms with Gasteiger partial charge in [0.2, 0.25) is 0 Å². The van der Waals surface area contributed by atoms with Crippen molar-refractivity contribution in [2.24, 2.45) is 5.73 Å². The van der Waals surface area contributed by atoms with Gasteiger partial charge in [-0.2, -0.15) is 0 Å². The highest BCUT2D eigenvalue weighted by Gasteiger charge is 2.16. The predicted octanol–water partition coefficient (Wildman–Crippen LogP) is 2.48. The molecule has 1 rings (SSSR count). The first kappa shape index (κ1) is 11.0. The Morgan fingerprint density at radius 1 is 1.54 bits per heavy atom. The Morgan fingerprint density at radius 3 is 2.69 bits per heavy atom. The molecule has 0 radical (unpaired) electrons. The van der Waals surface area contributed by atoms with E-state index < -0.39 is 12.1 Å². The van der Waals surface area contributed by atoms with Gasteiger partial charge in [0.15, 0.2) is 0 Å². The van der Waals surface area contributed by atoms with Crippen LogP contribution < -0.4 is 5.73 Å². The molecule has 0 aliphatic rings. The lowest BCUT2D eigenvalue weighted by Crippen LogP contribution is -2.23. The van der Waals surface area contributed by atoms with Gasteiger partial charge >= 0.3 is 0 Å². The average Bonchev–Trinajstić information content (AvgIpc) is 2.08. The van der Waals surface area contributed by atoms with Crippen molar-refractivity contribution in [1.29, 1.82) is 0 Å². The van der Waals surface area contributed by atoms with Crippen molar-refractivity contribution < 1.29 is 5.11 Å². The summed E-state index contributed by atoms with van der Waals surface area (Å²) in [6, 6.07) is 5.04. The molecule has 0 spiro atoms. The maximum Gasteiger partial charge on any atom is 0.0705 e. The van der Waals surface area contributed by atoms with Gasteiger partial charge in [-0.25, -0.2) is 0 Å². The average molecular weight is 265 g/mol. The van der Waals surface area contributed by atoms with E-state index in [9.17, 15) is 5.11 Å². The fourth-order valence-corrected chi connectivity index (χ4v) is 1.67. The lowest BCUT2D eigenvalue weighted by atomic mass is 10.0. The molecule has 13 heavy (non-hydrogen) atoms. The molecule has 0 saturated carbocycles. The standard InChI is InChI=1S/C9H11BrClNO/c1-5(13)9(12)6-3-2-4-7(10)8(6)11/h2-5,9,13H,12H2,1H3/t5?,9-/m1/s1. The summed E-state index contributed by atoms with van der Waals surface area (Å²) in [5.74, 6) is 0.